The zero-order valence-corrected chi connectivity index (χ0v) is 20.2. The van der Waals surface area contributed by atoms with E-state index >= 15 is 0 Å². The van der Waals surface area contributed by atoms with E-state index in [-0.39, 0.29) is 5.91 Å². The molecular weight excluding hydrogens is 434 g/mol. The van der Waals surface area contributed by atoms with Crippen molar-refractivity contribution in [3.05, 3.63) is 70.9 Å². The molecule has 0 bridgehead atoms. The number of rotatable bonds is 8. The monoisotopic (exact) mass is 463 g/mol. The minimum absolute atomic E-state index is 0.179. The van der Waals surface area contributed by atoms with Crippen LogP contribution in [-0.4, -0.2) is 33.0 Å². The fraction of sp³-hybridized carbons (Fsp3) is 0.320. The van der Waals surface area contributed by atoms with Gasteiger partial charge in [0.1, 0.15) is 11.8 Å². The molecule has 0 radical (unpaired) electrons. The summed E-state index contributed by atoms with van der Waals surface area (Å²) in [6.07, 6.45) is 0.922. The maximum absolute atomic E-state index is 13.6. The van der Waals surface area contributed by atoms with Gasteiger partial charge in [0.15, 0.2) is 0 Å². The van der Waals surface area contributed by atoms with Gasteiger partial charge in [0.25, 0.3) is 5.91 Å². The third-order valence-electron chi connectivity index (χ3n) is 5.27. The van der Waals surface area contributed by atoms with E-state index in [0.29, 0.717) is 23.3 Å². The van der Waals surface area contributed by atoms with Crippen LogP contribution in [0, 0.1) is 6.92 Å². The van der Waals surface area contributed by atoms with Crippen molar-refractivity contribution in [3.8, 4) is 5.75 Å². The predicted molar refractivity (Wildman–Crippen MR) is 133 cm³/mol. The lowest BCUT2D eigenvalue weighted by Gasteiger charge is -2.29. The second kappa shape index (κ2) is 10.1. The molecule has 0 saturated carbocycles. The van der Waals surface area contributed by atoms with Gasteiger partial charge in [-0.15, -0.1) is 5.10 Å². The summed E-state index contributed by atoms with van der Waals surface area (Å²) in [4.78, 5) is 18.2. The Morgan fingerprint density at radius 3 is 2.76 bits per heavy atom. The van der Waals surface area contributed by atoms with E-state index in [1.54, 1.807) is 16.4 Å². The van der Waals surface area contributed by atoms with Crippen LogP contribution in [0.1, 0.15) is 44.4 Å². The quantitative estimate of drug-likeness (QED) is 0.435. The third-order valence-corrected chi connectivity index (χ3v) is 5.99. The van der Waals surface area contributed by atoms with Crippen molar-refractivity contribution in [1.82, 2.24) is 14.8 Å². The zero-order chi connectivity index (χ0) is 23.4. The maximum Gasteiger partial charge on any atom is 0.255 e. The summed E-state index contributed by atoms with van der Waals surface area (Å²) in [7, 11) is 0. The smallest absolute Gasteiger partial charge is 0.255 e. The van der Waals surface area contributed by atoms with Crippen molar-refractivity contribution in [2.75, 3.05) is 23.0 Å². The highest BCUT2D eigenvalue weighted by atomic mass is 32.2. The van der Waals surface area contributed by atoms with Gasteiger partial charge in [-0.05, 0) is 61.4 Å². The summed E-state index contributed by atoms with van der Waals surface area (Å²) in [5.74, 6) is 2.08. The van der Waals surface area contributed by atoms with Gasteiger partial charge in [-0.3, -0.25) is 4.79 Å². The normalized spacial score (nSPS) is 15.1. The number of hydrogen-bond acceptors (Lipinski definition) is 6. The van der Waals surface area contributed by atoms with Gasteiger partial charge in [-0.1, -0.05) is 49.9 Å². The molecule has 0 aliphatic carbocycles. The minimum atomic E-state index is -0.435. The van der Waals surface area contributed by atoms with E-state index in [1.807, 2.05) is 62.4 Å². The Morgan fingerprint density at radius 1 is 1.18 bits per heavy atom. The van der Waals surface area contributed by atoms with Crippen LogP contribution in [0.4, 0.5) is 11.6 Å². The molecule has 172 valence electrons. The van der Waals surface area contributed by atoms with E-state index < -0.39 is 6.04 Å². The number of amides is 1. The zero-order valence-electron chi connectivity index (χ0n) is 19.4. The lowest BCUT2D eigenvalue weighted by Crippen LogP contribution is -2.31. The highest BCUT2D eigenvalue weighted by Gasteiger charge is 2.34. The summed E-state index contributed by atoms with van der Waals surface area (Å²) in [6, 6.07) is 15.2. The molecule has 2 aromatic carbocycles. The second-order valence-corrected chi connectivity index (χ2v) is 9.14. The first-order chi connectivity index (χ1) is 16.0. The van der Waals surface area contributed by atoms with Crippen LogP contribution in [0.5, 0.6) is 5.75 Å². The van der Waals surface area contributed by atoms with Crippen LogP contribution in [0.3, 0.4) is 0 Å². The van der Waals surface area contributed by atoms with Gasteiger partial charge in [-0.2, -0.15) is 4.98 Å². The average molecular weight is 464 g/mol. The van der Waals surface area contributed by atoms with E-state index in [1.165, 1.54) is 0 Å². The summed E-state index contributed by atoms with van der Waals surface area (Å²) >= 11 is 1.57. The number of ether oxygens (including phenoxy) is 1. The molecule has 33 heavy (non-hydrogen) atoms. The van der Waals surface area contributed by atoms with Crippen LogP contribution in [0.2, 0.25) is 0 Å². The number of aromatic nitrogens is 3. The van der Waals surface area contributed by atoms with Crippen LogP contribution in [-0.2, 0) is 4.79 Å². The molecule has 2 N–H and O–H groups in total. The Bertz CT molecular complexity index is 1190. The predicted octanol–water partition coefficient (Wildman–Crippen LogP) is 5.41. The molecule has 1 aromatic heterocycles. The van der Waals surface area contributed by atoms with Crippen LogP contribution >= 0.6 is 11.8 Å². The molecule has 0 spiro atoms. The molecule has 1 unspecified atom stereocenters. The van der Waals surface area contributed by atoms with Gasteiger partial charge >= 0.3 is 0 Å². The van der Waals surface area contributed by atoms with Crippen LogP contribution < -0.4 is 15.4 Å². The lowest BCUT2D eigenvalue weighted by molar-refractivity contribution is -0.113. The molecule has 1 atom stereocenters. The highest BCUT2D eigenvalue weighted by molar-refractivity contribution is 7.99. The highest BCUT2D eigenvalue weighted by Crippen LogP contribution is 2.37. The van der Waals surface area contributed by atoms with E-state index in [4.69, 9.17) is 9.84 Å². The molecule has 8 heteroatoms. The number of thioether (sulfide) groups is 1. The van der Waals surface area contributed by atoms with E-state index in [0.717, 1.165) is 40.4 Å². The minimum Gasteiger partial charge on any atom is -0.494 e. The molecule has 1 amide bonds. The average Bonchev–Trinajstić information content (AvgIpc) is 3.19. The Balaban J connectivity index is 1.76. The Morgan fingerprint density at radius 2 is 2.00 bits per heavy atom. The number of nitrogens with one attached hydrogen (secondary N) is 2. The number of aryl methyl sites for hydroxylation is 1. The largest absolute Gasteiger partial charge is 0.494 e. The number of hydrogen-bond donors (Lipinski definition) is 2. The molecule has 3 aromatic rings. The van der Waals surface area contributed by atoms with Crippen molar-refractivity contribution in [2.45, 2.75) is 45.3 Å². The molecule has 0 fully saturated rings. The number of fused-ring (bicyclic) bond motifs is 1. The molecular formula is C25H29N5O2S. The summed E-state index contributed by atoms with van der Waals surface area (Å²) in [5, 5.41) is 11.7. The van der Waals surface area contributed by atoms with Crippen molar-refractivity contribution in [1.29, 1.82) is 0 Å². The van der Waals surface area contributed by atoms with E-state index in [9.17, 15) is 4.79 Å². The number of nitrogens with zero attached hydrogens (tertiary/aromatic N) is 3. The standard InChI is InChI=1S/C25H29N5O2S/c1-5-13-32-20-12-8-10-18(15-20)22-21(23(31)27-19-11-7-9-16(3)14-19)17(4)26-24-28-25(33-6-2)29-30(22)24/h7-12,14-15,22H,5-6,13H2,1-4H3,(H,27,31)(H,26,28,29). The first-order valence-electron chi connectivity index (χ1n) is 11.2. The van der Waals surface area contributed by atoms with Crippen molar-refractivity contribution in [3.63, 3.8) is 0 Å². The Hall–Kier alpha value is -3.26. The summed E-state index contributed by atoms with van der Waals surface area (Å²) in [5.41, 5.74) is 4.09. The fourth-order valence-electron chi connectivity index (χ4n) is 3.84. The maximum atomic E-state index is 13.6. The number of carbonyl (C=O) groups is 1. The Labute approximate surface area is 198 Å². The molecule has 4 rings (SSSR count). The van der Waals surface area contributed by atoms with Crippen LogP contribution in [0.25, 0.3) is 0 Å². The second-order valence-electron chi connectivity index (χ2n) is 7.91. The van der Waals surface area contributed by atoms with Gasteiger partial charge in [0.2, 0.25) is 11.1 Å². The molecule has 1 aliphatic rings. The van der Waals surface area contributed by atoms with Gasteiger partial charge in [0.05, 0.1) is 12.2 Å². The van der Waals surface area contributed by atoms with Crippen molar-refractivity contribution < 1.29 is 9.53 Å². The summed E-state index contributed by atoms with van der Waals surface area (Å²) < 4.78 is 7.67. The number of allylic oxidation sites excluding steroid dienone is 1. The number of carbonyl (C=O) groups excluding carboxylic acids is 1. The molecule has 2 heterocycles. The fourth-order valence-corrected chi connectivity index (χ4v) is 4.39. The first kappa shape index (κ1) is 22.9. The third kappa shape index (κ3) is 5.06. The van der Waals surface area contributed by atoms with Gasteiger partial charge in [0, 0.05) is 11.4 Å². The molecule has 0 saturated heterocycles. The SMILES string of the molecule is CCCOc1cccc(C2C(C(=O)Nc3cccc(C)c3)=C(C)Nc3nc(SCC)nn32)c1. The van der Waals surface area contributed by atoms with Gasteiger partial charge in [-0.25, -0.2) is 4.68 Å². The molecule has 1 aliphatic heterocycles. The topological polar surface area (TPSA) is 81.1 Å². The van der Waals surface area contributed by atoms with E-state index in [2.05, 4.69) is 29.5 Å². The molecule has 7 nitrogen and oxygen atoms in total. The number of anilines is 2. The van der Waals surface area contributed by atoms with Crippen molar-refractivity contribution in [2.24, 2.45) is 0 Å². The number of benzene rings is 2. The first-order valence-corrected chi connectivity index (χ1v) is 12.2. The summed E-state index contributed by atoms with van der Waals surface area (Å²) in [6.45, 7) is 8.68. The van der Waals surface area contributed by atoms with Gasteiger partial charge < -0.3 is 15.4 Å². The Kier molecular flexibility index (Phi) is 7.03. The van der Waals surface area contributed by atoms with Crippen molar-refractivity contribution >= 4 is 29.3 Å². The van der Waals surface area contributed by atoms with Crippen LogP contribution in [0.15, 0.2) is 65.0 Å². The lowest BCUT2D eigenvalue weighted by atomic mass is 9.94.